The van der Waals surface area contributed by atoms with Crippen LogP contribution in [0.5, 0.6) is 0 Å². The number of carbonyl (C=O) groups is 2. The first-order valence-electron chi connectivity index (χ1n) is 4.30. The molecule has 4 nitrogen and oxygen atoms in total. The molecule has 0 aliphatic carbocycles. The quantitative estimate of drug-likeness (QED) is 0.594. The summed E-state index contributed by atoms with van der Waals surface area (Å²) in [5.41, 5.74) is 4.83. The molecule has 0 atom stereocenters. The molecule has 1 amide bonds. The fourth-order valence-corrected chi connectivity index (χ4v) is 1.57. The van der Waals surface area contributed by atoms with E-state index in [1.54, 1.807) is 0 Å². The predicted octanol–water partition coefficient (Wildman–Crippen LogP) is 0.807. The number of hydrogen-bond donors (Lipinski definition) is 1. The van der Waals surface area contributed by atoms with Crippen molar-refractivity contribution < 1.29 is 14.3 Å². The SMILES string of the molecule is NC(=O)COC(=O)CSc1ccccc1. The predicted molar refractivity (Wildman–Crippen MR) is 57.3 cm³/mol. The molecular weight excluding hydrogens is 214 g/mol. The van der Waals surface area contributed by atoms with Gasteiger partial charge in [0.2, 0.25) is 0 Å². The minimum absolute atomic E-state index is 0.178. The number of thioether (sulfide) groups is 1. The molecule has 0 aliphatic heterocycles. The third-order valence-electron chi connectivity index (χ3n) is 1.48. The van der Waals surface area contributed by atoms with Gasteiger partial charge in [0.15, 0.2) is 6.61 Å². The molecule has 15 heavy (non-hydrogen) atoms. The standard InChI is InChI=1S/C10H11NO3S/c11-9(12)6-14-10(13)7-15-8-4-2-1-3-5-8/h1-5H,6-7H2,(H2,11,12). The Kier molecular flexibility index (Phi) is 4.70. The zero-order valence-corrected chi connectivity index (χ0v) is 8.83. The average Bonchev–Trinajstić information content (AvgIpc) is 2.25. The van der Waals surface area contributed by atoms with E-state index in [1.165, 1.54) is 11.8 Å². The summed E-state index contributed by atoms with van der Waals surface area (Å²) in [6.45, 7) is -0.353. The Bertz CT molecular complexity index is 340. The van der Waals surface area contributed by atoms with Crippen molar-refractivity contribution in [2.24, 2.45) is 5.73 Å². The van der Waals surface area contributed by atoms with Crippen LogP contribution in [0.3, 0.4) is 0 Å². The minimum atomic E-state index is -0.645. The van der Waals surface area contributed by atoms with Crippen molar-refractivity contribution in [1.82, 2.24) is 0 Å². The summed E-state index contributed by atoms with van der Waals surface area (Å²) in [6.07, 6.45) is 0. The largest absolute Gasteiger partial charge is 0.455 e. The molecule has 1 aromatic carbocycles. The highest BCUT2D eigenvalue weighted by Gasteiger charge is 2.05. The van der Waals surface area contributed by atoms with Crippen LogP contribution in [0.15, 0.2) is 35.2 Å². The van der Waals surface area contributed by atoms with E-state index in [9.17, 15) is 9.59 Å². The van der Waals surface area contributed by atoms with Crippen molar-refractivity contribution in [2.75, 3.05) is 12.4 Å². The maximum atomic E-state index is 11.1. The number of amides is 1. The topological polar surface area (TPSA) is 69.4 Å². The molecule has 1 rings (SSSR count). The van der Waals surface area contributed by atoms with E-state index in [4.69, 9.17) is 5.73 Å². The van der Waals surface area contributed by atoms with Gasteiger partial charge in [0.05, 0.1) is 5.75 Å². The summed E-state index contributed by atoms with van der Waals surface area (Å²) in [4.78, 5) is 22.4. The lowest BCUT2D eigenvalue weighted by Crippen LogP contribution is -2.21. The van der Waals surface area contributed by atoms with E-state index >= 15 is 0 Å². The highest BCUT2D eigenvalue weighted by atomic mass is 32.2. The molecule has 0 unspecified atom stereocenters. The lowest BCUT2D eigenvalue weighted by molar-refractivity contribution is -0.145. The minimum Gasteiger partial charge on any atom is -0.455 e. The van der Waals surface area contributed by atoms with Crippen molar-refractivity contribution in [2.45, 2.75) is 4.90 Å². The first-order chi connectivity index (χ1) is 7.18. The molecule has 0 spiro atoms. The number of carbonyl (C=O) groups excluding carboxylic acids is 2. The van der Waals surface area contributed by atoms with Crippen LogP contribution in [-0.2, 0) is 14.3 Å². The van der Waals surface area contributed by atoms with E-state index < -0.39 is 11.9 Å². The van der Waals surface area contributed by atoms with Crippen molar-refractivity contribution >= 4 is 23.6 Å². The molecule has 0 fully saturated rings. The second-order valence-corrected chi connectivity index (χ2v) is 3.78. The fraction of sp³-hybridized carbons (Fsp3) is 0.200. The van der Waals surface area contributed by atoms with Crippen LogP contribution in [0.25, 0.3) is 0 Å². The van der Waals surface area contributed by atoms with Crippen LogP contribution in [-0.4, -0.2) is 24.2 Å². The Balaban J connectivity index is 2.26. The molecule has 2 N–H and O–H groups in total. The molecule has 0 saturated carbocycles. The molecule has 0 bridgehead atoms. The van der Waals surface area contributed by atoms with Gasteiger partial charge >= 0.3 is 5.97 Å². The van der Waals surface area contributed by atoms with Crippen LogP contribution >= 0.6 is 11.8 Å². The van der Waals surface area contributed by atoms with Crippen molar-refractivity contribution in [3.63, 3.8) is 0 Å². The Morgan fingerprint density at radius 2 is 1.93 bits per heavy atom. The second-order valence-electron chi connectivity index (χ2n) is 2.73. The number of primary amides is 1. The van der Waals surface area contributed by atoms with Gasteiger partial charge in [0, 0.05) is 4.90 Å². The third kappa shape index (κ3) is 5.07. The maximum absolute atomic E-state index is 11.1. The first-order valence-corrected chi connectivity index (χ1v) is 5.29. The van der Waals surface area contributed by atoms with Crippen LogP contribution in [0.1, 0.15) is 0 Å². The third-order valence-corrected chi connectivity index (χ3v) is 2.46. The molecule has 0 radical (unpaired) electrons. The second kappa shape index (κ2) is 6.08. The lowest BCUT2D eigenvalue weighted by atomic mass is 10.4. The Labute approximate surface area is 91.8 Å². The van der Waals surface area contributed by atoms with Gasteiger partial charge in [-0.05, 0) is 12.1 Å². The normalized spacial score (nSPS) is 9.60. The van der Waals surface area contributed by atoms with Gasteiger partial charge < -0.3 is 10.5 Å². The van der Waals surface area contributed by atoms with Gasteiger partial charge in [0.1, 0.15) is 0 Å². The molecule has 0 heterocycles. The molecule has 0 aliphatic rings. The molecule has 1 aromatic rings. The van der Waals surface area contributed by atoms with Gasteiger partial charge in [-0.1, -0.05) is 18.2 Å². The Morgan fingerprint density at radius 3 is 2.53 bits per heavy atom. The van der Waals surface area contributed by atoms with E-state index in [1.807, 2.05) is 30.3 Å². The summed E-state index contributed by atoms with van der Waals surface area (Å²) in [5.74, 6) is -0.909. The van der Waals surface area contributed by atoms with Gasteiger partial charge in [-0.15, -0.1) is 11.8 Å². The molecular formula is C10H11NO3S. The number of rotatable bonds is 5. The van der Waals surface area contributed by atoms with Crippen LogP contribution < -0.4 is 5.73 Å². The van der Waals surface area contributed by atoms with E-state index in [2.05, 4.69) is 4.74 Å². The average molecular weight is 225 g/mol. The molecule has 5 heteroatoms. The number of esters is 1. The van der Waals surface area contributed by atoms with Gasteiger partial charge in [-0.3, -0.25) is 9.59 Å². The van der Waals surface area contributed by atoms with Gasteiger partial charge in [0.25, 0.3) is 5.91 Å². The number of ether oxygens (including phenoxy) is 1. The van der Waals surface area contributed by atoms with Crippen molar-refractivity contribution in [3.8, 4) is 0 Å². The Hall–Kier alpha value is -1.49. The molecule has 0 aromatic heterocycles. The van der Waals surface area contributed by atoms with E-state index in [-0.39, 0.29) is 12.4 Å². The number of hydrogen-bond acceptors (Lipinski definition) is 4. The summed E-state index contributed by atoms with van der Waals surface area (Å²) in [7, 11) is 0. The van der Waals surface area contributed by atoms with Crippen LogP contribution in [0.2, 0.25) is 0 Å². The number of nitrogens with two attached hydrogens (primary N) is 1. The smallest absolute Gasteiger partial charge is 0.316 e. The van der Waals surface area contributed by atoms with E-state index in [0.29, 0.717) is 0 Å². The van der Waals surface area contributed by atoms with Gasteiger partial charge in [-0.2, -0.15) is 0 Å². The zero-order valence-electron chi connectivity index (χ0n) is 8.01. The van der Waals surface area contributed by atoms with Gasteiger partial charge in [-0.25, -0.2) is 0 Å². The molecule has 0 saturated heterocycles. The summed E-state index contributed by atoms with van der Waals surface area (Å²) >= 11 is 1.35. The zero-order chi connectivity index (χ0) is 11.1. The fourth-order valence-electron chi connectivity index (χ4n) is 0.852. The number of benzene rings is 1. The summed E-state index contributed by atoms with van der Waals surface area (Å²) in [6, 6.07) is 9.46. The summed E-state index contributed by atoms with van der Waals surface area (Å²) in [5, 5.41) is 0. The van der Waals surface area contributed by atoms with Crippen LogP contribution in [0.4, 0.5) is 0 Å². The summed E-state index contributed by atoms with van der Waals surface area (Å²) < 4.78 is 4.59. The van der Waals surface area contributed by atoms with Crippen molar-refractivity contribution in [3.05, 3.63) is 30.3 Å². The monoisotopic (exact) mass is 225 g/mol. The molecule has 80 valence electrons. The van der Waals surface area contributed by atoms with Crippen LogP contribution in [0, 0.1) is 0 Å². The Morgan fingerprint density at radius 1 is 1.27 bits per heavy atom. The van der Waals surface area contributed by atoms with Crippen molar-refractivity contribution in [1.29, 1.82) is 0 Å². The maximum Gasteiger partial charge on any atom is 0.316 e. The lowest BCUT2D eigenvalue weighted by Gasteiger charge is -2.01. The van der Waals surface area contributed by atoms with E-state index in [0.717, 1.165) is 4.90 Å². The highest BCUT2D eigenvalue weighted by molar-refractivity contribution is 8.00. The highest BCUT2D eigenvalue weighted by Crippen LogP contribution is 2.16. The first kappa shape index (κ1) is 11.6.